The Kier molecular flexibility index (Phi) is 5.03. The average molecular weight is 374 g/mol. The number of esters is 1. The van der Waals surface area contributed by atoms with Gasteiger partial charge in [-0.1, -0.05) is 36.4 Å². The third-order valence-electron chi connectivity index (χ3n) is 4.18. The van der Waals surface area contributed by atoms with Crippen molar-refractivity contribution in [2.75, 3.05) is 0 Å². The molecule has 2 aromatic carbocycles. The van der Waals surface area contributed by atoms with Crippen LogP contribution in [-0.2, 0) is 17.5 Å². The minimum absolute atomic E-state index is 0.0934. The number of ether oxygens (including phenoxy) is 1. The normalized spacial score (nSPS) is 11.4. The van der Waals surface area contributed by atoms with Crippen molar-refractivity contribution in [3.8, 4) is 5.69 Å². The van der Waals surface area contributed by atoms with Crippen molar-refractivity contribution in [2.45, 2.75) is 26.6 Å². The van der Waals surface area contributed by atoms with Gasteiger partial charge in [0.2, 0.25) is 0 Å². The van der Waals surface area contributed by atoms with E-state index >= 15 is 0 Å². The molecular weight excluding hydrogens is 357 g/mol. The van der Waals surface area contributed by atoms with E-state index in [0.29, 0.717) is 11.4 Å². The largest absolute Gasteiger partial charge is 0.457 e. The molecule has 0 atom stereocenters. The summed E-state index contributed by atoms with van der Waals surface area (Å²) in [6.45, 7) is 2.91. The Bertz CT molecular complexity index is 963. The second kappa shape index (κ2) is 7.26. The molecule has 0 amide bonds. The molecule has 7 heteroatoms. The highest BCUT2D eigenvalue weighted by atomic mass is 19.4. The Balaban J connectivity index is 1.84. The zero-order valence-electron chi connectivity index (χ0n) is 14.7. The Hall–Kier alpha value is -3.09. The number of halogens is 3. The fourth-order valence-electron chi connectivity index (χ4n) is 2.90. The van der Waals surface area contributed by atoms with Gasteiger partial charge >= 0.3 is 12.1 Å². The first-order valence-electron chi connectivity index (χ1n) is 8.23. The van der Waals surface area contributed by atoms with Gasteiger partial charge in [-0.2, -0.15) is 18.3 Å². The van der Waals surface area contributed by atoms with Crippen LogP contribution in [0.25, 0.3) is 5.69 Å². The number of hydrogen-bond donors (Lipinski definition) is 0. The van der Waals surface area contributed by atoms with E-state index in [4.69, 9.17) is 4.74 Å². The molecule has 0 spiro atoms. The summed E-state index contributed by atoms with van der Waals surface area (Å²) >= 11 is 0. The maximum Gasteiger partial charge on any atom is 0.416 e. The summed E-state index contributed by atoms with van der Waals surface area (Å²) in [5, 5.41) is 4.35. The summed E-state index contributed by atoms with van der Waals surface area (Å²) in [6.07, 6.45) is -4.51. The van der Waals surface area contributed by atoms with E-state index in [9.17, 15) is 18.0 Å². The summed E-state index contributed by atoms with van der Waals surface area (Å²) in [4.78, 5) is 12.5. The lowest BCUT2D eigenvalue weighted by Crippen LogP contribution is -2.13. The monoisotopic (exact) mass is 374 g/mol. The molecule has 0 radical (unpaired) electrons. The summed E-state index contributed by atoms with van der Waals surface area (Å²) in [6, 6.07) is 14.3. The minimum atomic E-state index is -4.51. The minimum Gasteiger partial charge on any atom is -0.457 e. The van der Waals surface area contributed by atoms with E-state index in [0.717, 1.165) is 11.8 Å². The van der Waals surface area contributed by atoms with Gasteiger partial charge in [0.25, 0.3) is 0 Å². The van der Waals surface area contributed by atoms with Crippen LogP contribution in [0.1, 0.15) is 32.9 Å². The van der Waals surface area contributed by atoms with Gasteiger partial charge in [-0.3, -0.25) is 0 Å². The van der Waals surface area contributed by atoms with Gasteiger partial charge in [0, 0.05) is 5.56 Å². The van der Waals surface area contributed by atoms with E-state index in [1.807, 2.05) is 30.3 Å². The topological polar surface area (TPSA) is 44.1 Å². The van der Waals surface area contributed by atoms with E-state index in [-0.39, 0.29) is 11.1 Å². The molecule has 0 aliphatic heterocycles. The predicted octanol–water partition coefficient (Wildman–Crippen LogP) is 4.86. The van der Waals surface area contributed by atoms with Crippen molar-refractivity contribution in [3.05, 3.63) is 82.7 Å². The van der Waals surface area contributed by atoms with Gasteiger partial charge < -0.3 is 4.74 Å². The van der Waals surface area contributed by atoms with Crippen molar-refractivity contribution in [3.63, 3.8) is 0 Å². The molecule has 0 bridgehead atoms. The van der Waals surface area contributed by atoms with Crippen molar-refractivity contribution in [1.29, 1.82) is 0 Å². The number of para-hydroxylation sites is 1. The average Bonchev–Trinajstić information content (AvgIpc) is 2.94. The number of benzene rings is 2. The smallest absolute Gasteiger partial charge is 0.416 e. The third-order valence-corrected chi connectivity index (χ3v) is 4.18. The Morgan fingerprint density at radius 2 is 1.67 bits per heavy atom. The lowest BCUT2D eigenvalue weighted by Gasteiger charge is -2.13. The highest BCUT2D eigenvalue weighted by Gasteiger charge is 2.33. The van der Waals surface area contributed by atoms with Crippen LogP contribution in [0.5, 0.6) is 0 Å². The van der Waals surface area contributed by atoms with Crippen LogP contribution in [-0.4, -0.2) is 15.7 Å². The van der Waals surface area contributed by atoms with Gasteiger partial charge in [0.15, 0.2) is 0 Å². The van der Waals surface area contributed by atoms with Crippen molar-refractivity contribution < 1.29 is 22.7 Å². The molecule has 3 aromatic rings. The summed E-state index contributed by atoms with van der Waals surface area (Å²) in [5.41, 5.74) is 1.14. The lowest BCUT2D eigenvalue weighted by atomic mass is 10.1. The van der Waals surface area contributed by atoms with Crippen LogP contribution < -0.4 is 0 Å². The first-order chi connectivity index (χ1) is 12.8. The van der Waals surface area contributed by atoms with E-state index in [1.165, 1.54) is 18.2 Å². The molecular formula is C20H17F3N2O2. The number of carbonyl (C=O) groups is 1. The van der Waals surface area contributed by atoms with Crippen LogP contribution in [0.15, 0.2) is 54.6 Å². The molecule has 1 aromatic heterocycles. The van der Waals surface area contributed by atoms with E-state index in [1.54, 1.807) is 18.5 Å². The Labute approximate surface area is 154 Å². The number of carbonyl (C=O) groups excluding carboxylic acids is 1. The second-order valence-corrected chi connectivity index (χ2v) is 6.02. The van der Waals surface area contributed by atoms with Gasteiger partial charge in [0.1, 0.15) is 12.2 Å². The Morgan fingerprint density at radius 1 is 1.04 bits per heavy atom. The molecule has 0 N–H and O–H groups in total. The zero-order valence-corrected chi connectivity index (χ0v) is 14.7. The highest BCUT2D eigenvalue weighted by molar-refractivity contribution is 5.92. The fourth-order valence-corrected chi connectivity index (χ4v) is 2.90. The number of alkyl halides is 3. The maximum atomic E-state index is 13.1. The van der Waals surface area contributed by atoms with Gasteiger partial charge in [-0.05, 0) is 32.0 Å². The van der Waals surface area contributed by atoms with Crippen LogP contribution in [0.3, 0.4) is 0 Å². The zero-order chi connectivity index (χ0) is 19.6. The molecule has 0 aliphatic carbocycles. The quantitative estimate of drug-likeness (QED) is 0.613. The first kappa shape index (κ1) is 18.7. The highest BCUT2D eigenvalue weighted by Crippen LogP contribution is 2.32. The molecule has 3 rings (SSSR count). The van der Waals surface area contributed by atoms with Crippen molar-refractivity contribution in [2.24, 2.45) is 0 Å². The molecule has 0 aliphatic rings. The number of aromatic nitrogens is 2. The SMILES string of the molecule is Cc1nn(-c2ccccc2)c(C)c1C(=O)OCc1ccccc1C(F)(F)F. The standard InChI is InChI=1S/C20H17F3N2O2/c1-13-18(14(2)25(24-13)16-9-4-3-5-10-16)19(26)27-12-15-8-6-7-11-17(15)20(21,22)23/h3-11H,12H2,1-2H3. The predicted molar refractivity (Wildman–Crippen MR) is 93.6 cm³/mol. The second-order valence-electron chi connectivity index (χ2n) is 6.02. The van der Waals surface area contributed by atoms with Gasteiger partial charge in [-0.25, -0.2) is 9.48 Å². The summed E-state index contributed by atoms with van der Waals surface area (Å²) in [7, 11) is 0. The van der Waals surface area contributed by atoms with Crippen LogP contribution in [0, 0.1) is 13.8 Å². The van der Waals surface area contributed by atoms with Crippen LogP contribution >= 0.6 is 0 Å². The van der Waals surface area contributed by atoms with Gasteiger partial charge in [-0.15, -0.1) is 0 Å². The van der Waals surface area contributed by atoms with E-state index < -0.39 is 24.3 Å². The molecule has 1 heterocycles. The van der Waals surface area contributed by atoms with E-state index in [2.05, 4.69) is 5.10 Å². The van der Waals surface area contributed by atoms with Gasteiger partial charge in [0.05, 0.1) is 22.6 Å². The van der Waals surface area contributed by atoms with Crippen molar-refractivity contribution in [1.82, 2.24) is 9.78 Å². The fraction of sp³-hybridized carbons (Fsp3) is 0.200. The van der Waals surface area contributed by atoms with Crippen LogP contribution in [0.4, 0.5) is 13.2 Å². The summed E-state index contributed by atoms with van der Waals surface area (Å²) < 4.78 is 46.0. The lowest BCUT2D eigenvalue weighted by molar-refractivity contribution is -0.138. The van der Waals surface area contributed by atoms with Crippen molar-refractivity contribution >= 4 is 5.97 Å². The molecule has 0 unspecified atom stereocenters. The molecule has 140 valence electrons. The molecule has 0 saturated heterocycles. The third kappa shape index (κ3) is 3.86. The molecule has 0 saturated carbocycles. The van der Waals surface area contributed by atoms with Crippen LogP contribution in [0.2, 0.25) is 0 Å². The molecule has 4 nitrogen and oxygen atoms in total. The molecule has 0 fully saturated rings. The number of hydrogen-bond acceptors (Lipinski definition) is 3. The number of rotatable bonds is 4. The summed E-state index contributed by atoms with van der Waals surface area (Å²) in [5.74, 6) is -0.704. The maximum absolute atomic E-state index is 13.1. The number of nitrogens with zero attached hydrogens (tertiary/aromatic N) is 2. The Morgan fingerprint density at radius 3 is 2.33 bits per heavy atom. The first-order valence-corrected chi connectivity index (χ1v) is 8.23. The molecule has 27 heavy (non-hydrogen) atoms. The number of aryl methyl sites for hydroxylation is 1.